The van der Waals surface area contributed by atoms with Gasteiger partial charge in [-0.3, -0.25) is 9.59 Å². The van der Waals surface area contributed by atoms with Crippen molar-refractivity contribution in [1.29, 1.82) is 0 Å². The second kappa shape index (κ2) is 6.65. The molecule has 0 aliphatic rings. The molecule has 1 aromatic rings. The van der Waals surface area contributed by atoms with Crippen molar-refractivity contribution < 1.29 is 14.3 Å². The Balaban J connectivity index is 2.23. The highest BCUT2D eigenvalue weighted by molar-refractivity contribution is 7.11. The lowest BCUT2D eigenvalue weighted by Crippen LogP contribution is -2.26. The Morgan fingerprint density at radius 1 is 1.37 bits per heavy atom. The average Bonchev–Trinajstić information content (AvgIpc) is 2.67. The van der Waals surface area contributed by atoms with Gasteiger partial charge in [0.05, 0.1) is 18.0 Å². The van der Waals surface area contributed by atoms with E-state index in [4.69, 9.17) is 4.74 Å². The molecule has 106 valence electrons. The summed E-state index contributed by atoms with van der Waals surface area (Å²) >= 11 is 1.54. The van der Waals surface area contributed by atoms with Crippen LogP contribution in [-0.4, -0.2) is 22.5 Å². The van der Waals surface area contributed by atoms with Crippen LogP contribution in [0, 0.1) is 6.92 Å². The Labute approximate surface area is 117 Å². The molecule has 0 aliphatic carbocycles. The highest BCUT2D eigenvalue weighted by atomic mass is 32.1. The second-order valence-electron chi connectivity index (χ2n) is 5.21. The number of carbonyl (C=O) groups is 2. The van der Waals surface area contributed by atoms with Gasteiger partial charge in [-0.05, 0) is 27.7 Å². The van der Waals surface area contributed by atoms with E-state index in [0.717, 1.165) is 9.88 Å². The van der Waals surface area contributed by atoms with Gasteiger partial charge in [0.15, 0.2) is 0 Å². The summed E-state index contributed by atoms with van der Waals surface area (Å²) in [6.07, 6.45) is 1.99. The zero-order chi connectivity index (χ0) is 14.5. The van der Waals surface area contributed by atoms with E-state index < -0.39 is 5.60 Å². The molecule has 1 heterocycles. The highest BCUT2D eigenvalue weighted by Gasteiger charge is 2.17. The largest absolute Gasteiger partial charge is 0.460 e. The minimum Gasteiger partial charge on any atom is -0.460 e. The molecule has 0 fully saturated rings. The van der Waals surface area contributed by atoms with E-state index >= 15 is 0 Å². The van der Waals surface area contributed by atoms with Crippen LogP contribution in [0.4, 0.5) is 0 Å². The number of thiazole rings is 1. The summed E-state index contributed by atoms with van der Waals surface area (Å²) in [5.74, 6) is -0.506. The number of hydrogen-bond donors (Lipinski definition) is 1. The number of rotatable bonds is 5. The number of nitrogens with one attached hydrogen (secondary N) is 1. The zero-order valence-electron chi connectivity index (χ0n) is 11.8. The fourth-order valence-corrected chi connectivity index (χ4v) is 2.10. The number of aryl methyl sites for hydroxylation is 1. The normalized spacial score (nSPS) is 11.2. The van der Waals surface area contributed by atoms with Gasteiger partial charge in [0.25, 0.3) is 0 Å². The number of esters is 1. The maximum Gasteiger partial charge on any atom is 0.306 e. The summed E-state index contributed by atoms with van der Waals surface area (Å²) < 4.78 is 5.13. The number of carbonyl (C=O) groups excluding carboxylic acids is 2. The van der Waals surface area contributed by atoms with Gasteiger partial charge in [0.2, 0.25) is 5.91 Å². The lowest BCUT2D eigenvalue weighted by molar-refractivity contribution is -0.155. The maximum atomic E-state index is 11.6. The summed E-state index contributed by atoms with van der Waals surface area (Å²) in [5.41, 5.74) is -0.506. The molecule has 1 rings (SSSR count). The first-order valence-electron chi connectivity index (χ1n) is 6.16. The van der Waals surface area contributed by atoms with E-state index in [-0.39, 0.29) is 24.7 Å². The van der Waals surface area contributed by atoms with Gasteiger partial charge in [0.1, 0.15) is 5.60 Å². The van der Waals surface area contributed by atoms with Crippen LogP contribution >= 0.6 is 11.3 Å². The minimum atomic E-state index is -0.506. The third-order valence-electron chi connectivity index (χ3n) is 2.11. The Bertz CT molecular complexity index is 449. The van der Waals surface area contributed by atoms with Crippen LogP contribution in [0.25, 0.3) is 0 Å². The monoisotopic (exact) mass is 284 g/mol. The zero-order valence-corrected chi connectivity index (χ0v) is 12.6. The standard InChI is InChI=1S/C13H20N2O3S/c1-9-14-7-10(19-9)8-15-11(16)5-6-12(17)18-13(2,3)4/h7H,5-6,8H2,1-4H3,(H,15,16). The molecule has 19 heavy (non-hydrogen) atoms. The predicted molar refractivity (Wildman–Crippen MR) is 73.8 cm³/mol. The fourth-order valence-electron chi connectivity index (χ4n) is 1.37. The van der Waals surface area contributed by atoms with Gasteiger partial charge >= 0.3 is 5.97 Å². The predicted octanol–water partition coefficient (Wildman–Crippen LogP) is 2.19. The summed E-state index contributed by atoms with van der Waals surface area (Å²) in [7, 11) is 0. The van der Waals surface area contributed by atoms with Gasteiger partial charge in [-0.2, -0.15) is 0 Å². The second-order valence-corrected chi connectivity index (χ2v) is 6.53. The number of amides is 1. The van der Waals surface area contributed by atoms with Crippen LogP contribution in [0.2, 0.25) is 0 Å². The van der Waals surface area contributed by atoms with Crippen LogP contribution in [0.3, 0.4) is 0 Å². The van der Waals surface area contributed by atoms with Crippen molar-refractivity contribution >= 4 is 23.2 Å². The molecule has 0 aliphatic heterocycles. The van der Waals surface area contributed by atoms with Crippen molar-refractivity contribution in [2.45, 2.75) is 52.7 Å². The molecule has 5 nitrogen and oxygen atoms in total. The van der Waals surface area contributed by atoms with E-state index in [9.17, 15) is 9.59 Å². The van der Waals surface area contributed by atoms with Crippen molar-refractivity contribution in [2.75, 3.05) is 0 Å². The lowest BCUT2D eigenvalue weighted by atomic mass is 10.2. The highest BCUT2D eigenvalue weighted by Crippen LogP contribution is 2.11. The molecule has 1 N–H and O–H groups in total. The summed E-state index contributed by atoms with van der Waals surface area (Å²) in [5, 5.41) is 3.72. The van der Waals surface area contributed by atoms with E-state index in [2.05, 4.69) is 10.3 Å². The van der Waals surface area contributed by atoms with Crippen molar-refractivity contribution in [3.05, 3.63) is 16.1 Å². The molecule has 0 radical (unpaired) electrons. The molecular formula is C13H20N2O3S. The van der Waals surface area contributed by atoms with E-state index in [1.54, 1.807) is 38.3 Å². The van der Waals surface area contributed by atoms with Crippen molar-refractivity contribution in [3.63, 3.8) is 0 Å². The molecular weight excluding hydrogens is 264 g/mol. The van der Waals surface area contributed by atoms with Crippen LogP contribution in [0.15, 0.2) is 6.20 Å². The van der Waals surface area contributed by atoms with Crippen LogP contribution in [0.1, 0.15) is 43.5 Å². The Morgan fingerprint density at radius 3 is 2.58 bits per heavy atom. The molecule has 0 bridgehead atoms. The number of ether oxygens (including phenoxy) is 1. The lowest BCUT2D eigenvalue weighted by Gasteiger charge is -2.19. The number of nitrogens with zero attached hydrogens (tertiary/aromatic N) is 1. The van der Waals surface area contributed by atoms with Gasteiger partial charge in [-0.15, -0.1) is 11.3 Å². The summed E-state index contributed by atoms with van der Waals surface area (Å²) in [4.78, 5) is 28.1. The Kier molecular flexibility index (Phi) is 5.47. The topological polar surface area (TPSA) is 68.3 Å². The molecule has 6 heteroatoms. The van der Waals surface area contributed by atoms with Crippen LogP contribution in [0.5, 0.6) is 0 Å². The number of hydrogen-bond acceptors (Lipinski definition) is 5. The minimum absolute atomic E-state index is 0.102. The number of aromatic nitrogens is 1. The molecule has 0 aromatic carbocycles. The molecule has 1 aromatic heterocycles. The SMILES string of the molecule is Cc1ncc(CNC(=O)CCC(=O)OC(C)(C)C)s1. The molecule has 0 spiro atoms. The van der Waals surface area contributed by atoms with E-state index in [1.807, 2.05) is 6.92 Å². The first-order valence-corrected chi connectivity index (χ1v) is 6.98. The Morgan fingerprint density at radius 2 is 2.05 bits per heavy atom. The summed E-state index contributed by atoms with van der Waals surface area (Å²) in [6.45, 7) is 7.78. The average molecular weight is 284 g/mol. The first-order chi connectivity index (χ1) is 8.76. The van der Waals surface area contributed by atoms with Gasteiger partial charge in [-0.25, -0.2) is 4.98 Å². The molecule has 0 saturated heterocycles. The third-order valence-corrected chi connectivity index (χ3v) is 3.02. The third kappa shape index (κ3) is 6.91. The quantitative estimate of drug-likeness (QED) is 0.842. The molecule has 0 atom stereocenters. The van der Waals surface area contributed by atoms with E-state index in [1.165, 1.54) is 0 Å². The smallest absolute Gasteiger partial charge is 0.306 e. The fraction of sp³-hybridized carbons (Fsp3) is 0.615. The van der Waals surface area contributed by atoms with Gasteiger partial charge < -0.3 is 10.1 Å². The Hall–Kier alpha value is -1.43. The van der Waals surface area contributed by atoms with Gasteiger partial charge in [-0.1, -0.05) is 0 Å². The maximum absolute atomic E-state index is 11.6. The van der Waals surface area contributed by atoms with Crippen molar-refractivity contribution in [3.8, 4) is 0 Å². The molecule has 0 unspecified atom stereocenters. The molecule has 1 amide bonds. The van der Waals surface area contributed by atoms with Crippen LogP contribution < -0.4 is 5.32 Å². The molecule has 0 saturated carbocycles. The van der Waals surface area contributed by atoms with Crippen molar-refractivity contribution in [2.24, 2.45) is 0 Å². The van der Waals surface area contributed by atoms with Gasteiger partial charge in [0, 0.05) is 17.5 Å². The summed E-state index contributed by atoms with van der Waals surface area (Å²) in [6, 6.07) is 0. The van der Waals surface area contributed by atoms with Crippen molar-refractivity contribution in [1.82, 2.24) is 10.3 Å². The van der Waals surface area contributed by atoms with E-state index in [0.29, 0.717) is 6.54 Å². The first kappa shape index (κ1) is 15.6. The van der Waals surface area contributed by atoms with Crippen LogP contribution in [-0.2, 0) is 20.9 Å².